The zero-order valence-electron chi connectivity index (χ0n) is 12.7. The molecule has 0 fully saturated rings. The van der Waals surface area contributed by atoms with Gasteiger partial charge in [0.15, 0.2) is 11.2 Å². The van der Waals surface area contributed by atoms with Gasteiger partial charge in [0.2, 0.25) is 0 Å². The van der Waals surface area contributed by atoms with Gasteiger partial charge in [0.25, 0.3) is 0 Å². The number of ether oxygens (including phenoxy) is 1. The maximum atomic E-state index is 11.4. The molecule has 0 aromatic heterocycles. The van der Waals surface area contributed by atoms with Gasteiger partial charge in [-0.1, -0.05) is 0 Å². The van der Waals surface area contributed by atoms with E-state index >= 15 is 0 Å². The molecule has 0 aromatic rings. The van der Waals surface area contributed by atoms with Crippen LogP contribution in [0.15, 0.2) is 0 Å². The predicted molar refractivity (Wildman–Crippen MR) is 70.0 cm³/mol. The Kier molecular flexibility index (Phi) is 9.70. The van der Waals surface area contributed by atoms with Crippen LogP contribution in [0.5, 0.6) is 0 Å². The summed E-state index contributed by atoms with van der Waals surface area (Å²) >= 11 is 0. The summed E-state index contributed by atoms with van der Waals surface area (Å²) in [6, 6.07) is 0. The van der Waals surface area contributed by atoms with Gasteiger partial charge >= 0.3 is 35.8 Å². The predicted octanol–water partition coefficient (Wildman–Crippen LogP) is -2.59. The van der Waals surface area contributed by atoms with Crippen LogP contribution in [0.1, 0.15) is 25.7 Å². The number of hydrogen-bond donors (Lipinski definition) is 6. The SMILES string of the molecule is O=C(O)CC(O)(CC(=O)OC(=O)CC(O)(CC(=O)O)C(=O)O)C(=O)O.[Cu]. The zero-order chi connectivity index (χ0) is 20.0. The van der Waals surface area contributed by atoms with Crippen molar-refractivity contribution in [2.24, 2.45) is 0 Å². The van der Waals surface area contributed by atoms with Crippen molar-refractivity contribution in [2.75, 3.05) is 0 Å². The molecule has 0 aliphatic rings. The fraction of sp³-hybridized carbons (Fsp3) is 0.500. The van der Waals surface area contributed by atoms with Crippen LogP contribution < -0.4 is 0 Å². The minimum absolute atomic E-state index is 0. The first-order chi connectivity index (χ1) is 11.2. The van der Waals surface area contributed by atoms with E-state index in [1.54, 1.807) is 0 Å². The maximum Gasteiger partial charge on any atom is 0.336 e. The molecule has 0 rings (SSSR count). The Hall–Kier alpha value is -2.54. The van der Waals surface area contributed by atoms with Crippen LogP contribution in [0, 0.1) is 0 Å². The number of esters is 2. The van der Waals surface area contributed by atoms with Crippen molar-refractivity contribution in [3.63, 3.8) is 0 Å². The molecule has 0 aliphatic carbocycles. The molecule has 0 spiro atoms. The van der Waals surface area contributed by atoms with E-state index in [0.717, 1.165) is 0 Å². The number of aliphatic carboxylic acids is 4. The summed E-state index contributed by atoms with van der Waals surface area (Å²) in [5.74, 6) is -11.2. The van der Waals surface area contributed by atoms with Crippen molar-refractivity contribution >= 4 is 35.8 Å². The minimum atomic E-state index is -3.09. The third-order valence-electron chi connectivity index (χ3n) is 2.78. The molecule has 14 heteroatoms. The summed E-state index contributed by atoms with van der Waals surface area (Å²) in [6.45, 7) is 0. The smallest absolute Gasteiger partial charge is 0.336 e. The number of rotatable bonds is 10. The van der Waals surface area contributed by atoms with E-state index in [1.807, 2.05) is 0 Å². The summed E-state index contributed by atoms with van der Waals surface area (Å²) in [5, 5.41) is 53.6. The van der Waals surface area contributed by atoms with Gasteiger partial charge in [-0.25, -0.2) is 9.59 Å². The Bertz CT molecular complexity index is 562. The van der Waals surface area contributed by atoms with Gasteiger partial charge < -0.3 is 35.4 Å². The van der Waals surface area contributed by atoms with Gasteiger partial charge in [-0.15, -0.1) is 0 Å². The second kappa shape index (κ2) is 9.82. The average Bonchev–Trinajstić information content (AvgIpc) is 2.34. The first kappa shape index (κ1) is 25.7. The molecule has 0 aliphatic heterocycles. The van der Waals surface area contributed by atoms with Crippen molar-refractivity contribution in [1.29, 1.82) is 0 Å². The molecular formula is C12H14CuO13. The van der Waals surface area contributed by atoms with E-state index in [1.165, 1.54) is 0 Å². The van der Waals surface area contributed by atoms with E-state index in [0.29, 0.717) is 0 Å². The number of carbonyl (C=O) groups is 6. The molecule has 0 amide bonds. The van der Waals surface area contributed by atoms with Gasteiger partial charge in [0.05, 0.1) is 25.7 Å². The summed E-state index contributed by atoms with van der Waals surface area (Å²) in [7, 11) is 0. The van der Waals surface area contributed by atoms with E-state index in [9.17, 15) is 39.0 Å². The van der Waals surface area contributed by atoms with Crippen LogP contribution in [-0.2, 0) is 50.6 Å². The standard InChI is InChI=1S/C12H14O13.Cu/c13-5(14)1-11(23,9(19)20)3-7(17)25-8(18)4-12(24,10(21)22)2-6(15)16;/h23-24H,1-4H2,(H,13,14)(H,15,16)(H,19,20)(H,21,22);. The van der Waals surface area contributed by atoms with Crippen LogP contribution in [-0.4, -0.2) is 77.7 Å². The second-order valence-corrected chi connectivity index (χ2v) is 5.01. The molecule has 13 nitrogen and oxygen atoms in total. The van der Waals surface area contributed by atoms with Crippen LogP contribution >= 0.6 is 0 Å². The van der Waals surface area contributed by atoms with Gasteiger partial charge in [-0.2, -0.15) is 0 Å². The van der Waals surface area contributed by atoms with Crippen LogP contribution in [0.2, 0.25) is 0 Å². The average molecular weight is 430 g/mol. The first-order valence-electron chi connectivity index (χ1n) is 6.30. The monoisotopic (exact) mass is 429 g/mol. The third kappa shape index (κ3) is 8.02. The third-order valence-corrected chi connectivity index (χ3v) is 2.78. The summed E-state index contributed by atoms with van der Waals surface area (Å²) < 4.78 is 3.99. The van der Waals surface area contributed by atoms with Crippen LogP contribution in [0.3, 0.4) is 0 Å². The molecule has 0 aromatic carbocycles. The largest absolute Gasteiger partial charge is 0.481 e. The maximum absolute atomic E-state index is 11.4. The molecule has 0 saturated carbocycles. The van der Waals surface area contributed by atoms with Crippen molar-refractivity contribution < 1.29 is 81.2 Å². The van der Waals surface area contributed by atoms with Gasteiger partial charge in [0.1, 0.15) is 0 Å². The Morgan fingerprint density at radius 1 is 0.615 bits per heavy atom. The van der Waals surface area contributed by atoms with Gasteiger partial charge in [-0.3, -0.25) is 19.2 Å². The molecule has 2 unspecified atom stereocenters. The van der Waals surface area contributed by atoms with Crippen molar-refractivity contribution in [3.8, 4) is 0 Å². The number of aliphatic hydroxyl groups is 2. The van der Waals surface area contributed by atoms with Crippen molar-refractivity contribution in [3.05, 3.63) is 0 Å². The Labute approximate surface area is 154 Å². The van der Waals surface area contributed by atoms with Crippen LogP contribution in [0.4, 0.5) is 0 Å². The topological polar surface area (TPSA) is 233 Å². The van der Waals surface area contributed by atoms with Crippen LogP contribution in [0.25, 0.3) is 0 Å². The molecule has 0 heterocycles. The molecular weight excluding hydrogens is 416 g/mol. The molecule has 0 saturated heterocycles. The number of carboxylic acids is 4. The van der Waals surface area contributed by atoms with E-state index in [2.05, 4.69) is 4.74 Å². The summed E-state index contributed by atoms with van der Waals surface area (Å²) in [6.07, 6.45) is -5.73. The van der Waals surface area contributed by atoms with Gasteiger partial charge in [0, 0.05) is 17.1 Å². The van der Waals surface area contributed by atoms with E-state index in [-0.39, 0.29) is 17.1 Å². The first-order valence-corrected chi connectivity index (χ1v) is 6.30. The molecule has 1 radical (unpaired) electrons. The van der Waals surface area contributed by atoms with E-state index < -0.39 is 72.7 Å². The van der Waals surface area contributed by atoms with E-state index in [4.69, 9.17) is 20.4 Å². The minimum Gasteiger partial charge on any atom is -0.481 e. The molecule has 2 atom stereocenters. The Balaban J connectivity index is 0. The number of hydrogen-bond acceptors (Lipinski definition) is 9. The number of carbonyl (C=O) groups excluding carboxylic acids is 2. The molecule has 151 valence electrons. The summed E-state index contributed by atoms with van der Waals surface area (Å²) in [4.78, 5) is 65.5. The fourth-order valence-corrected chi connectivity index (χ4v) is 1.60. The fourth-order valence-electron chi connectivity index (χ4n) is 1.60. The summed E-state index contributed by atoms with van der Waals surface area (Å²) in [5.41, 5.74) is -6.18. The quantitative estimate of drug-likeness (QED) is 0.119. The normalized spacial score (nSPS) is 14.7. The molecule has 6 N–H and O–H groups in total. The van der Waals surface area contributed by atoms with Crippen molar-refractivity contribution in [2.45, 2.75) is 36.9 Å². The van der Waals surface area contributed by atoms with Crippen molar-refractivity contribution in [1.82, 2.24) is 0 Å². The molecule has 26 heavy (non-hydrogen) atoms. The second-order valence-electron chi connectivity index (χ2n) is 5.01. The number of carboxylic acid groups (broad SMARTS) is 4. The molecule has 0 bridgehead atoms. The Morgan fingerprint density at radius 3 is 1.08 bits per heavy atom. The van der Waals surface area contributed by atoms with Gasteiger partial charge in [-0.05, 0) is 0 Å². The zero-order valence-corrected chi connectivity index (χ0v) is 13.6. The Morgan fingerprint density at radius 2 is 0.885 bits per heavy atom.